The van der Waals surface area contributed by atoms with Gasteiger partial charge in [0.1, 0.15) is 0 Å². The van der Waals surface area contributed by atoms with Gasteiger partial charge in [-0.2, -0.15) is 13.2 Å². The van der Waals surface area contributed by atoms with Gasteiger partial charge >= 0.3 is 6.18 Å². The minimum absolute atomic E-state index is 0.00476. The fraction of sp³-hybridized carbons (Fsp3) is 0.0625. The van der Waals surface area contributed by atoms with E-state index in [-0.39, 0.29) is 10.2 Å². The molecule has 0 spiro atoms. The molecule has 0 unspecified atom stereocenters. The van der Waals surface area contributed by atoms with Gasteiger partial charge in [0.05, 0.1) is 15.1 Å². The number of halogens is 5. The van der Waals surface area contributed by atoms with Crippen LogP contribution in [0.25, 0.3) is 6.08 Å². The predicted molar refractivity (Wildman–Crippen MR) is 88.4 cm³/mol. The quantitative estimate of drug-likeness (QED) is 0.650. The molecule has 0 saturated carbocycles. The van der Waals surface area contributed by atoms with E-state index in [2.05, 4.69) is 21.2 Å². The molecule has 2 aromatic carbocycles. The van der Waals surface area contributed by atoms with Crippen molar-refractivity contribution in [2.45, 2.75) is 6.18 Å². The smallest absolute Gasteiger partial charge is 0.322 e. The van der Waals surface area contributed by atoms with Gasteiger partial charge < -0.3 is 5.32 Å². The third-order valence-electron chi connectivity index (χ3n) is 2.84. The zero-order valence-electron chi connectivity index (χ0n) is 11.5. The van der Waals surface area contributed by atoms with Gasteiger partial charge in [0.15, 0.2) is 0 Å². The van der Waals surface area contributed by atoms with E-state index >= 15 is 0 Å². The first-order valence-corrected chi connectivity index (χ1v) is 7.55. The zero-order valence-corrected chi connectivity index (χ0v) is 13.8. The van der Waals surface area contributed by atoms with E-state index in [4.69, 9.17) is 11.6 Å². The highest BCUT2D eigenvalue weighted by Crippen LogP contribution is 2.36. The summed E-state index contributed by atoms with van der Waals surface area (Å²) in [7, 11) is 0. The first-order chi connectivity index (χ1) is 10.8. The number of alkyl halides is 3. The normalized spacial score (nSPS) is 12.1. The second kappa shape index (κ2) is 7.19. The summed E-state index contributed by atoms with van der Waals surface area (Å²) in [4.78, 5) is 12.0. The molecule has 0 fully saturated rings. The second-order valence-electron chi connectivity index (χ2n) is 4.55. The summed E-state index contributed by atoms with van der Waals surface area (Å²) in [5.74, 6) is -0.565. The number of rotatable bonds is 3. The van der Waals surface area contributed by atoms with Gasteiger partial charge in [-0.25, -0.2) is 0 Å². The Labute approximate surface area is 144 Å². The fourth-order valence-corrected chi connectivity index (χ4v) is 2.36. The molecule has 0 bridgehead atoms. The standard InChI is InChI=1S/C16H10BrClF3NO/c17-13(8-10-4-2-1-3-5-10)15(23)22-11-6-7-14(18)12(9-11)16(19,20)21/h1-9H,(H,22,23)/b13-8-. The van der Waals surface area contributed by atoms with Crippen molar-refractivity contribution in [2.75, 3.05) is 5.32 Å². The number of benzene rings is 2. The molecule has 120 valence electrons. The minimum Gasteiger partial charge on any atom is -0.322 e. The van der Waals surface area contributed by atoms with Crippen molar-refractivity contribution in [1.82, 2.24) is 0 Å². The molecule has 7 heteroatoms. The van der Waals surface area contributed by atoms with Crippen molar-refractivity contribution in [3.63, 3.8) is 0 Å². The van der Waals surface area contributed by atoms with Gasteiger partial charge in [0, 0.05) is 5.69 Å². The molecule has 0 radical (unpaired) electrons. The van der Waals surface area contributed by atoms with Crippen LogP contribution in [-0.4, -0.2) is 5.91 Å². The maximum atomic E-state index is 12.8. The highest BCUT2D eigenvalue weighted by Gasteiger charge is 2.33. The highest BCUT2D eigenvalue weighted by atomic mass is 79.9. The van der Waals surface area contributed by atoms with Crippen molar-refractivity contribution < 1.29 is 18.0 Å². The Morgan fingerprint density at radius 3 is 2.39 bits per heavy atom. The first-order valence-electron chi connectivity index (χ1n) is 6.38. The molecule has 0 aliphatic heterocycles. The Kier molecular flexibility index (Phi) is 5.49. The van der Waals surface area contributed by atoms with Crippen molar-refractivity contribution in [3.8, 4) is 0 Å². The van der Waals surface area contributed by atoms with Crippen molar-refractivity contribution >= 4 is 45.2 Å². The van der Waals surface area contributed by atoms with Gasteiger partial charge in [-0.15, -0.1) is 0 Å². The Morgan fingerprint density at radius 1 is 1.13 bits per heavy atom. The molecule has 0 aliphatic carbocycles. The van der Waals surface area contributed by atoms with Crippen LogP contribution in [-0.2, 0) is 11.0 Å². The summed E-state index contributed by atoms with van der Waals surface area (Å²) in [5.41, 5.74) is -0.216. The first kappa shape index (κ1) is 17.6. The average molecular weight is 405 g/mol. The van der Waals surface area contributed by atoms with Gasteiger partial charge in [-0.1, -0.05) is 41.9 Å². The predicted octanol–water partition coefficient (Wildman–Crippen LogP) is 5.73. The minimum atomic E-state index is -4.59. The molecule has 2 nitrogen and oxygen atoms in total. The molecule has 0 atom stereocenters. The van der Waals surface area contributed by atoms with Crippen LogP contribution in [0.3, 0.4) is 0 Å². The molecular weight excluding hydrogens is 395 g/mol. The number of anilines is 1. The van der Waals surface area contributed by atoms with Crippen LogP contribution in [0, 0.1) is 0 Å². The molecular formula is C16H10BrClF3NO. The van der Waals surface area contributed by atoms with E-state index in [1.165, 1.54) is 6.07 Å². The Hall–Kier alpha value is -1.79. The Bertz CT molecular complexity index is 745. The number of hydrogen-bond acceptors (Lipinski definition) is 1. The number of nitrogens with one attached hydrogen (secondary N) is 1. The van der Waals surface area contributed by atoms with E-state index in [1.807, 2.05) is 6.07 Å². The largest absolute Gasteiger partial charge is 0.417 e. The van der Waals surface area contributed by atoms with Crippen molar-refractivity contribution in [1.29, 1.82) is 0 Å². The lowest BCUT2D eigenvalue weighted by Crippen LogP contribution is -2.13. The molecule has 0 aliphatic rings. The number of carbonyl (C=O) groups is 1. The monoisotopic (exact) mass is 403 g/mol. The average Bonchev–Trinajstić information content (AvgIpc) is 2.49. The lowest BCUT2D eigenvalue weighted by atomic mass is 10.2. The summed E-state index contributed by atoms with van der Waals surface area (Å²) in [5, 5.41) is 1.97. The van der Waals surface area contributed by atoms with Crippen LogP contribution in [0.2, 0.25) is 5.02 Å². The second-order valence-corrected chi connectivity index (χ2v) is 5.81. The third kappa shape index (κ3) is 4.84. The van der Waals surface area contributed by atoms with Crippen LogP contribution in [0.15, 0.2) is 53.0 Å². The van der Waals surface area contributed by atoms with Gasteiger partial charge in [0.25, 0.3) is 5.91 Å². The Balaban J connectivity index is 2.19. The lowest BCUT2D eigenvalue weighted by Gasteiger charge is -2.11. The molecule has 0 saturated heterocycles. The number of amides is 1. The molecule has 23 heavy (non-hydrogen) atoms. The van der Waals surface area contributed by atoms with Crippen LogP contribution in [0.4, 0.5) is 18.9 Å². The lowest BCUT2D eigenvalue weighted by molar-refractivity contribution is -0.137. The summed E-state index contributed by atoms with van der Waals surface area (Å²) >= 11 is 8.64. The van der Waals surface area contributed by atoms with Crippen molar-refractivity contribution in [2.24, 2.45) is 0 Å². The van der Waals surface area contributed by atoms with E-state index < -0.39 is 22.7 Å². The number of hydrogen-bond donors (Lipinski definition) is 1. The topological polar surface area (TPSA) is 29.1 Å². The van der Waals surface area contributed by atoms with Gasteiger partial charge in [-0.05, 0) is 45.8 Å². The van der Waals surface area contributed by atoms with E-state index in [0.717, 1.165) is 17.7 Å². The maximum Gasteiger partial charge on any atom is 0.417 e. The molecule has 1 N–H and O–H groups in total. The summed E-state index contributed by atoms with van der Waals surface area (Å²) in [6.07, 6.45) is -3.02. The van der Waals surface area contributed by atoms with E-state index in [9.17, 15) is 18.0 Å². The maximum absolute atomic E-state index is 12.8. The highest BCUT2D eigenvalue weighted by molar-refractivity contribution is 9.12. The molecule has 0 aromatic heterocycles. The fourth-order valence-electron chi connectivity index (χ4n) is 1.77. The van der Waals surface area contributed by atoms with Crippen LogP contribution in [0.5, 0.6) is 0 Å². The summed E-state index contributed by atoms with van der Waals surface area (Å²) in [6.45, 7) is 0. The van der Waals surface area contributed by atoms with Gasteiger partial charge in [0.2, 0.25) is 0 Å². The van der Waals surface area contributed by atoms with Crippen LogP contribution >= 0.6 is 27.5 Å². The molecule has 1 amide bonds. The van der Waals surface area contributed by atoms with E-state index in [0.29, 0.717) is 0 Å². The molecule has 0 heterocycles. The summed E-state index contributed by atoms with van der Waals surface area (Å²) < 4.78 is 38.6. The summed E-state index contributed by atoms with van der Waals surface area (Å²) in [6, 6.07) is 12.2. The SMILES string of the molecule is O=C(Nc1ccc(Cl)c(C(F)(F)F)c1)/C(Br)=C/c1ccccc1. The van der Waals surface area contributed by atoms with E-state index in [1.54, 1.807) is 30.3 Å². The molecule has 2 aromatic rings. The van der Waals surface area contributed by atoms with Gasteiger partial charge in [-0.3, -0.25) is 4.79 Å². The molecule has 2 rings (SSSR count). The van der Waals surface area contributed by atoms with Crippen LogP contribution in [0.1, 0.15) is 11.1 Å². The third-order valence-corrected chi connectivity index (χ3v) is 3.76. The van der Waals surface area contributed by atoms with Crippen molar-refractivity contribution in [3.05, 3.63) is 69.2 Å². The zero-order chi connectivity index (χ0) is 17.0. The number of carbonyl (C=O) groups excluding carboxylic acids is 1. The van der Waals surface area contributed by atoms with Crippen LogP contribution < -0.4 is 5.32 Å². The Morgan fingerprint density at radius 2 is 1.78 bits per heavy atom.